The van der Waals surface area contributed by atoms with Gasteiger partial charge in [0, 0.05) is 11.8 Å². The Morgan fingerprint density at radius 1 is 1.12 bits per heavy atom. The average molecular weight is 317 g/mol. The van der Waals surface area contributed by atoms with Crippen molar-refractivity contribution >= 4 is 11.7 Å². The molecule has 0 saturated heterocycles. The summed E-state index contributed by atoms with van der Waals surface area (Å²) in [7, 11) is 1.29. The molecule has 3 aromatic rings. The summed E-state index contributed by atoms with van der Waals surface area (Å²) in [6.07, 6.45) is 1.56. The zero-order valence-electron chi connectivity index (χ0n) is 13.1. The number of anilines is 1. The van der Waals surface area contributed by atoms with Gasteiger partial charge in [0.2, 0.25) is 0 Å². The molecule has 1 heterocycles. The molecular formula is C19H15N3O2. The van der Waals surface area contributed by atoms with Gasteiger partial charge in [-0.3, -0.25) is 0 Å². The monoisotopic (exact) mass is 317 g/mol. The number of carbonyl (C=O) groups excluding carboxylic acids is 1. The van der Waals surface area contributed by atoms with E-state index in [0.29, 0.717) is 0 Å². The molecule has 0 aliphatic rings. The summed E-state index contributed by atoms with van der Waals surface area (Å²) in [5.74, 6) is -0.586. The van der Waals surface area contributed by atoms with Crippen molar-refractivity contribution in [3.05, 3.63) is 72.1 Å². The minimum atomic E-state index is -0.586. The smallest absolute Gasteiger partial charge is 0.357 e. The van der Waals surface area contributed by atoms with Crippen LogP contribution in [0.5, 0.6) is 0 Å². The summed E-state index contributed by atoms with van der Waals surface area (Å²) in [5.41, 5.74) is 9.14. The number of nitrogens with zero attached hydrogens (tertiary/aromatic N) is 2. The van der Waals surface area contributed by atoms with Crippen molar-refractivity contribution in [2.75, 3.05) is 12.8 Å². The molecule has 0 fully saturated rings. The minimum absolute atomic E-state index is 0.118. The summed E-state index contributed by atoms with van der Waals surface area (Å²) >= 11 is 0. The fourth-order valence-corrected chi connectivity index (χ4v) is 2.65. The highest BCUT2D eigenvalue weighted by Crippen LogP contribution is 2.31. The van der Waals surface area contributed by atoms with E-state index in [-0.39, 0.29) is 16.9 Å². The number of aromatic nitrogens is 1. The highest BCUT2D eigenvalue weighted by Gasteiger charge is 2.22. The molecular weight excluding hydrogens is 302 g/mol. The lowest BCUT2D eigenvalue weighted by Gasteiger charge is -2.13. The first-order chi connectivity index (χ1) is 11.7. The third-order valence-corrected chi connectivity index (χ3v) is 3.79. The van der Waals surface area contributed by atoms with Gasteiger partial charge in [0.05, 0.1) is 24.0 Å². The molecule has 3 rings (SSSR count). The molecule has 5 heteroatoms. The zero-order chi connectivity index (χ0) is 17.1. The van der Waals surface area contributed by atoms with E-state index in [0.717, 1.165) is 16.8 Å². The molecule has 2 aromatic carbocycles. The van der Waals surface area contributed by atoms with Crippen molar-refractivity contribution in [1.29, 1.82) is 5.26 Å². The Labute approximate surface area is 139 Å². The van der Waals surface area contributed by atoms with E-state index in [9.17, 15) is 10.1 Å². The van der Waals surface area contributed by atoms with E-state index in [1.807, 2.05) is 60.7 Å². The number of hydrogen-bond acceptors (Lipinski definition) is 4. The van der Waals surface area contributed by atoms with Crippen molar-refractivity contribution < 1.29 is 9.53 Å². The van der Waals surface area contributed by atoms with Gasteiger partial charge in [0.25, 0.3) is 0 Å². The second-order valence-corrected chi connectivity index (χ2v) is 5.16. The second kappa shape index (κ2) is 6.31. The Morgan fingerprint density at radius 3 is 2.46 bits per heavy atom. The predicted octanol–water partition coefficient (Wildman–Crippen LogP) is 3.38. The highest BCUT2D eigenvalue weighted by atomic mass is 16.5. The molecule has 0 spiro atoms. The number of carbonyl (C=O) groups is 1. The van der Waals surface area contributed by atoms with Gasteiger partial charge in [-0.25, -0.2) is 4.79 Å². The number of ether oxygens (including phenoxy) is 1. The number of nitriles is 1. The molecule has 118 valence electrons. The molecule has 24 heavy (non-hydrogen) atoms. The normalized spacial score (nSPS) is 10.2. The van der Waals surface area contributed by atoms with Crippen molar-refractivity contribution in [1.82, 2.24) is 4.57 Å². The molecule has 1 aromatic heterocycles. The summed E-state index contributed by atoms with van der Waals surface area (Å²) < 4.78 is 6.45. The Hall–Kier alpha value is -3.52. The van der Waals surface area contributed by atoms with Gasteiger partial charge in [0.15, 0.2) is 5.69 Å². The summed E-state index contributed by atoms with van der Waals surface area (Å²) in [6, 6.07) is 19.4. The number of nitrogens with two attached hydrogens (primary N) is 1. The largest absolute Gasteiger partial charge is 0.464 e. The lowest BCUT2D eigenvalue weighted by molar-refractivity contribution is 0.0593. The van der Waals surface area contributed by atoms with Crippen LogP contribution in [0.15, 0.2) is 60.8 Å². The van der Waals surface area contributed by atoms with E-state index in [2.05, 4.69) is 0 Å². The standard InChI is InChI=1S/C19H15N3O2/c1-24-19(23)18-17(21)14(11-20)12-22(18)16-10-6-5-9-15(16)13-7-3-2-4-8-13/h2-10,12H,21H2,1H3. The first-order valence-electron chi connectivity index (χ1n) is 7.31. The molecule has 0 aliphatic carbocycles. The van der Waals surface area contributed by atoms with Crippen LogP contribution in [0.1, 0.15) is 16.1 Å². The Bertz CT molecular complexity index is 937. The average Bonchev–Trinajstić information content (AvgIpc) is 2.98. The van der Waals surface area contributed by atoms with Crippen LogP contribution >= 0.6 is 0 Å². The fourth-order valence-electron chi connectivity index (χ4n) is 2.65. The van der Waals surface area contributed by atoms with Gasteiger partial charge in [0.1, 0.15) is 6.07 Å². The van der Waals surface area contributed by atoms with Gasteiger partial charge in [-0.15, -0.1) is 0 Å². The molecule has 0 atom stereocenters. The van der Waals surface area contributed by atoms with Crippen LogP contribution in [-0.4, -0.2) is 17.6 Å². The van der Waals surface area contributed by atoms with Crippen LogP contribution in [0.2, 0.25) is 0 Å². The van der Waals surface area contributed by atoms with Gasteiger partial charge in [-0.2, -0.15) is 5.26 Å². The molecule has 5 nitrogen and oxygen atoms in total. The van der Waals surface area contributed by atoms with Crippen LogP contribution < -0.4 is 5.73 Å². The van der Waals surface area contributed by atoms with E-state index in [1.165, 1.54) is 7.11 Å². The number of benzene rings is 2. The third kappa shape index (κ3) is 2.50. The SMILES string of the molecule is COC(=O)c1c(N)c(C#N)cn1-c1ccccc1-c1ccccc1. The Kier molecular flexibility index (Phi) is 4.04. The van der Waals surface area contributed by atoms with Crippen molar-refractivity contribution in [3.8, 4) is 22.9 Å². The number of rotatable bonds is 3. The van der Waals surface area contributed by atoms with Crippen molar-refractivity contribution in [3.63, 3.8) is 0 Å². The van der Waals surface area contributed by atoms with Gasteiger partial charge in [-0.1, -0.05) is 48.5 Å². The first kappa shape index (κ1) is 15.4. The number of esters is 1. The molecule has 0 aliphatic heterocycles. The van der Waals surface area contributed by atoms with Crippen LogP contribution in [0, 0.1) is 11.3 Å². The summed E-state index contributed by atoms with van der Waals surface area (Å²) in [5, 5.41) is 9.25. The van der Waals surface area contributed by atoms with Crippen LogP contribution in [-0.2, 0) is 4.74 Å². The zero-order valence-corrected chi connectivity index (χ0v) is 13.1. The number of nitrogen functional groups attached to an aromatic ring is 1. The molecule has 2 N–H and O–H groups in total. The third-order valence-electron chi connectivity index (χ3n) is 3.79. The van der Waals surface area contributed by atoms with Crippen molar-refractivity contribution in [2.24, 2.45) is 0 Å². The first-order valence-corrected chi connectivity index (χ1v) is 7.31. The summed E-state index contributed by atoms with van der Waals surface area (Å²) in [4.78, 5) is 12.2. The quantitative estimate of drug-likeness (QED) is 0.751. The molecule has 0 saturated carbocycles. The summed E-state index contributed by atoms with van der Waals surface area (Å²) in [6.45, 7) is 0. The lowest BCUT2D eigenvalue weighted by atomic mass is 10.0. The van der Waals surface area contributed by atoms with Crippen molar-refractivity contribution in [2.45, 2.75) is 0 Å². The maximum Gasteiger partial charge on any atom is 0.357 e. The predicted molar refractivity (Wildman–Crippen MR) is 91.7 cm³/mol. The van der Waals surface area contributed by atoms with E-state index < -0.39 is 5.97 Å². The van der Waals surface area contributed by atoms with Gasteiger partial charge < -0.3 is 15.0 Å². The van der Waals surface area contributed by atoms with Crippen LogP contribution in [0.4, 0.5) is 5.69 Å². The number of methoxy groups -OCH3 is 1. The molecule has 0 bridgehead atoms. The molecule has 0 unspecified atom stereocenters. The Balaban J connectivity index is 2.29. The van der Waals surface area contributed by atoms with Crippen LogP contribution in [0.3, 0.4) is 0 Å². The molecule has 0 amide bonds. The van der Waals surface area contributed by atoms with E-state index in [1.54, 1.807) is 10.8 Å². The fraction of sp³-hybridized carbons (Fsp3) is 0.0526. The maximum atomic E-state index is 12.2. The van der Waals surface area contributed by atoms with Crippen LogP contribution in [0.25, 0.3) is 16.8 Å². The highest BCUT2D eigenvalue weighted by molar-refractivity contribution is 5.96. The maximum absolute atomic E-state index is 12.2. The topological polar surface area (TPSA) is 81.0 Å². The molecule has 0 radical (unpaired) electrons. The van der Waals surface area contributed by atoms with Gasteiger partial charge in [-0.05, 0) is 11.6 Å². The second-order valence-electron chi connectivity index (χ2n) is 5.16. The van der Waals surface area contributed by atoms with E-state index in [4.69, 9.17) is 10.5 Å². The minimum Gasteiger partial charge on any atom is -0.464 e. The lowest BCUT2D eigenvalue weighted by Crippen LogP contribution is -2.11. The Morgan fingerprint density at radius 2 is 1.79 bits per heavy atom. The van der Waals surface area contributed by atoms with Gasteiger partial charge >= 0.3 is 5.97 Å². The number of hydrogen-bond donors (Lipinski definition) is 1. The number of para-hydroxylation sites is 1. The van der Waals surface area contributed by atoms with E-state index >= 15 is 0 Å².